The Kier molecular flexibility index (Phi) is 7.46. The summed E-state index contributed by atoms with van der Waals surface area (Å²) in [5.74, 6) is -0.348. The Bertz CT molecular complexity index is 1200. The van der Waals surface area contributed by atoms with E-state index in [1.54, 1.807) is 42.5 Å². The number of hydrogen-bond donors (Lipinski definition) is 1. The van der Waals surface area contributed by atoms with E-state index < -0.39 is 11.9 Å². The fourth-order valence-corrected chi connectivity index (χ4v) is 4.44. The molecule has 2 heterocycles. The first-order valence-corrected chi connectivity index (χ1v) is 11.7. The molecule has 1 aliphatic rings. The second-order valence-electron chi connectivity index (χ2n) is 7.89. The third-order valence-electron chi connectivity index (χ3n) is 5.85. The van der Waals surface area contributed by atoms with Crippen LogP contribution in [-0.2, 0) is 4.74 Å². The highest BCUT2D eigenvalue weighted by Gasteiger charge is 2.22. The van der Waals surface area contributed by atoms with Crippen LogP contribution in [0.4, 0.5) is 11.4 Å². The summed E-state index contributed by atoms with van der Waals surface area (Å²) >= 11 is 12.2. The van der Waals surface area contributed by atoms with E-state index in [-0.39, 0.29) is 5.76 Å². The Labute approximate surface area is 208 Å². The van der Waals surface area contributed by atoms with Crippen LogP contribution in [-0.4, -0.2) is 56.6 Å². The summed E-state index contributed by atoms with van der Waals surface area (Å²) in [7, 11) is 1.32. The standard InChI is InChI=1S/C25H25Cl2N3O4/c1-3-29-10-12-30(13-11-29)21-7-4-16(25(32)33-2)14-20(21)28-24(31)23-9-8-22(34-23)18-6-5-17(26)15-19(18)27/h4-9,14-15H,3,10-13H2,1-2H3,(H,28,31). The molecule has 0 spiro atoms. The van der Waals surface area contributed by atoms with E-state index in [1.807, 2.05) is 6.07 Å². The molecule has 0 unspecified atom stereocenters. The number of anilines is 2. The predicted octanol–water partition coefficient (Wildman–Crippen LogP) is 5.43. The van der Waals surface area contributed by atoms with Crippen LogP contribution < -0.4 is 10.2 Å². The zero-order valence-electron chi connectivity index (χ0n) is 18.9. The lowest BCUT2D eigenvalue weighted by atomic mass is 10.1. The number of halogens is 2. The fraction of sp³-hybridized carbons (Fsp3) is 0.280. The summed E-state index contributed by atoms with van der Waals surface area (Å²) in [4.78, 5) is 29.8. The van der Waals surface area contributed by atoms with Gasteiger partial charge in [-0.15, -0.1) is 0 Å². The van der Waals surface area contributed by atoms with Crippen LogP contribution in [0.3, 0.4) is 0 Å². The molecule has 3 aromatic rings. The van der Waals surface area contributed by atoms with Crippen molar-refractivity contribution >= 4 is 46.5 Å². The van der Waals surface area contributed by atoms with Gasteiger partial charge in [0.25, 0.3) is 5.91 Å². The highest BCUT2D eigenvalue weighted by atomic mass is 35.5. The van der Waals surface area contributed by atoms with Gasteiger partial charge in [0.05, 0.1) is 29.1 Å². The van der Waals surface area contributed by atoms with Crippen molar-refractivity contribution in [2.45, 2.75) is 6.92 Å². The number of piperazine rings is 1. The fourth-order valence-electron chi connectivity index (χ4n) is 3.94. The van der Waals surface area contributed by atoms with Gasteiger partial charge in [-0.2, -0.15) is 0 Å². The number of rotatable bonds is 6. The highest BCUT2D eigenvalue weighted by Crippen LogP contribution is 2.33. The van der Waals surface area contributed by atoms with Crippen molar-refractivity contribution in [3.8, 4) is 11.3 Å². The van der Waals surface area contributed by atoms with Gasteiger partial charge in [0.15, 0.2) is 5.76 Å². The number of carbonyl (C=O) groups excluding carboxylic acids is 2. The van der Waals surface area contributed by atoms with Crippen LogP contribution in [0, 0.1) is 0 Å². The lowest BCUT2D eigenvalue weighted by Gasteiger charge is -2.36. The molecule has 1 aromatic heterocycles. The normalized spacial score (nSPS) is 14.2. The van der Waals surface area contributed by atoms with E-state index in [0.717, 1.165) is 38.4 Å². The molecule has 0 bridgehead atoms. The molecule has 1 N–H and O–H groups in total. The van der Waals surface area contributed by atoms with Crippen molar-refractivity contribution in [3.05, 3.63) is 69.9 Å². The molecule has 2 aromatic carbocycles. The number of nitrogens with zero attached hydrogens (tertiary/aromatic N) is 2. The van der Waals surface area contributed by atoms with Gasteiger partial charge in [0.2, 0.25) is 0 Å². The van der Waals surface area contributed by atoms with E-state index >= 15 is 0 Å². The molecule has 4 rings (SSSR count). The van der Waals surface area contributed by atoms with Crippen molar-refractivity contribution in [3.63, 3.8) is 0 Å². The molecule has 1 fully saturated rings. The number of esters is 1. The van der Waals surface area contributed by atoms with Crippen molar-refractivity contribution in [1.29, 1.82) is 0 Å². The second-order valence-corrected chi connectivity index (χ2v) is 8.73. The predicted molar refractivity (Wildman–Crippen MR) is 134 cm³/mol. The monoisotopic (exact) mass is 501 g/mol. The molecule has 34 heavy (non-hydrogen) atoms. The number of nitrogens with one attached hydrogen (secondary N) is 1. The first-order valence-electron chi connectivity index (χ1n) is 11.0. The Morgan fingerprint density at radius 3 is 2.47 bits per heavy atom. The third kappa shape index (κ3) is 5.22. The molecule has 0 atom stereocenters. The summed E-state index contributed by atoms with van der Waals surface area (Å²) in [6.45, 7) is 6.61. The van der Waals surface area contributed by atoms with E-state index in [0.29, 0.717) is 32.6 Å². The maximum Gasteiger partial charge on any atom is 0.337 e. The molecule has 0 saturated carbocycles. The summed E-state index contributed by atoms with van der Waals surface area (Å²) < 4.78 is 10.6. The summed E-state index contributed by atoms with van der Waals surface area (Å²) in [6.07, 6.45) is 0. The van der Waals surface area contributed by atoms with Crippen LogP contribution in [0.25, 0.3) is 11.3 Å². The smallest absolute Gasteiger partial charge is 0.337 e. The molecule has 1 aliphatic heterocycles. The average molecular weight is 502 g/mol. The Morgan fingerprint density at radius 2 is 1.79 bits per heavy atom. The zero-order valence-corrected chi connectivity index (χ0v) is 20.4. The van der Waals surface area contributed by atoms with Gasteiger partial charge in [0.1, 0.15) is 5.76 Å². The SMILES string of the molecule is CCN1CCN(c2ccc(C(=O)OC)cc2NC(=O)c2ccc(-c3ccc(Cl)cc3Cl)o2)CC1. The van der Waals surface area contributed by atoms with E-state index in [2.05, 4.69) is 22.0 Å². The summed E-state index contributed by atoms with van der Waals surface area (Å²) in [5, 5.41) is 3.84. The molecule has 1 saturated heterocycles. The molecule has 0 radical (unpaired) electrons. The van der Waals surface area contributed by atoms with Crippen molar-refractivity contribution in [1.82, 2.24) is 4.90 Å². The molecule has 7 nitrogen and oxygen atoms in total. The average Bonchev–Trinajstić information content (AvgIpc) is 3.34. The number of likely N-dealkylation sites (N-methyl/N-ethyl adjacent to an activating group) is 1. The van der Waals surface area contributed by atoms with Gasteiger partial charge < -0.3 is 24.3 Å². The molecule has 1 amide bonds. The van der Waals surface area contributed by atoms with Gasteiger partial charge in [0, 0.05) is 36.8 Å². The lowest BCUT2D eigenvalue weighted by molar-refractivity contribution is 0.0600. The maximum absolute atomic E-state index is 13.1. The van der Waals surface area contributed by atoms with Crippen LogP contribution >= 0.6 is 23.2 Å². The topological polar surface area (TPSA) is 75.0 Å². The van der Waals surface area contributed by atoms with Gasteiger partial charge in [-0.25, -0.2) is 4.79 Å². The number of amides is 1. The quantitative estimate of drug-likeness (QED) is 0.453. The van der Waals surface area contributed by atoms with Crippen LogP contribution in [0.1, 0.15) is 27.8 Å². The molecule has 0 aliphatic carbocycles. The maximum atomic E-state index is 13.1. The number of methoxy groups -OCH3 is 1. The Balaban J connectivity index is 1.60. The molecule has 178 valence electrons. The van der Waals surface area contributed by atoms with Gasteiger partial charge >= 0.3 is 5.97 Å². The van der Waals surface area contributed by atoms with Crippen LogP contribution in [0.5, 0.6) is 0 Å². The first-order chi connectivity index (χ1) is 16.4. The minimum Gasteiger partial charge on any atom is -0.465 e. The van der Waals surface area contributed by atoms with Crippen LogP contribution in [0.15, 0.2) is 52.9 Å². The molecular formula is C25H25Cl2N3O4. The lowest BCUT2D eigenvalue weighted by Crippen LogP contribution is -2.46. The zero-order chi connectivity index (χ0) is 24.2. The Hall–Kier alpha value is -3.00. The second kappa shape index (κ2) is 10.5. The minimum absolute atomic E-state index is 0.117. The number of hydrogen-bond acceptors (Lipinski definition) is 6. The van der Waals surface area contributed by atoms with Crippen molar-refractivity contribution in [2.75, 3.05) is 50.1 Å². The van der Waals surface area contributed by atoms with Gasteiger partial charge in [-0.3, -0.25) is 4.79 Å². The first kappa shape index (κ1) is 24.1. The molecular weight excluding hydrogens is 477 g/mol. The number of carbonyl (C=O) groups is 2. The Morgan fingerprint density at radius 1 is 1.03 bits per heavy atom. The number of ether oxygens (including phenoxy) is 1. The number of furan rings is 1. The van der Waals surface area contributed by atoms with E-state index in [1.165, 1.54) is 7.11 Å². The van der Waals surface area contributed by atoms with Crippen LogP contribution in [0.2, 0.25) is 10.0 Å². The highest BCUT2D eigenvalue weighted by molar-refractivity contribution is 6.36. The third-order valence-corrected chi connectivity index (χ3v) is 6.40. The molecule has 9 heteroatoms. The van der Waals surface area contributed by atoms with Crippen molar-refractivity contribution in [2.24, 2.45) is 0 Å². The van der Waals surface area contributed by atoms with E-state index in [9.17, 15) is 9.59 Å². The van der Waals surface area contributed by atoms with Gasteiger partial charge in [-0.05, 0) is 55.1 Å². The van der Waals surface area contributed by atoms with Crippen molar-refractivity contribution < 1.29 is 18.7 Å². The largest absolute Gasteiger partial charge is 0.465 e. The number of benzene rings is 2. The minimum atomic E-state index is -0.476. The van der Waals surface area contributed by atoms with Gasteiger partial charge in [-0.1, -0.05) is 30.1 Å². The summed E-state index contributed by atoms with van der Waals surface area (Å²) in [6, 6.07) is 13.5. The summed E-state index contributed by atoms with van der Waals surface area (Å²) in [5.41, 5.74) is 2.33. The van der Waals surface area contributed by atoms with E-state index in [4.69, 9.17) is 32.4 Å².